The van der Waals surface area contributed by atoms with Crippen molar-refractivity contribution in [2.75, 3.05) is 13.7 Å². The summed E-state index contributed by atoms with van der Waals surface area (Å²) in [5.74, 6) is 0.205. The van der Waals surface area contributed by atoms with Crippen LogP contribution in [0.5, 0.6) is 11.5 Å². The number of carboxylic acid groups (broad SMARTS) is 1. The lowest BCUT2D eigenvalue weighted by molar-refractivity contribution is -0.141. The molecule has 3 aromatic rings. The van der Waals surface area contributed by atoms with E-state index in [2.05, 4.69) is 5.32 Å². The third kappa shape index (κ3) is 5.06. The Balaban J connectivity index is 1.68. The van der Waals surface area contributed by atoms with Gasteiger partial charge in [-0.05, 0) is 32.9 Å². The number of carbonyl (C=O) groups is 2. The van der Waals surface area contributed by atoms with Crippen molar-refractivity contribution in [1.29, 1.82) is 0 Å². The number of ether oxygens (including phenoxy) is 2. The SMILES string of the molecule is COc1ccc2c(O[C@@H]3C[C@@H](C(=O)O)N(C(=O)NC(C)(C)C)C3)cc(-c3ccccc3)nc2c1. The lowest BCUT2D eigenvalue weighted by Gasteiger charge is -2.27. The zero-order valence-electron chi connectivity index (χ0n) is 19.7. The van der Waals surface area contributed by atoms with Crippen molar-refractivity contribution in [2.24, 2.45) is 0 Å². The van der Waals surface area contributed by atoms with Crippen molar-refractivity contribution < 1.29 is 24.2 Å². The van der Waals surface area contributed by atoms with Crippen LogP contribution in [0.25, 0.3) is 22.2 Å². The lowest BCUT2D eigenvalue weighted by Crippen LogP contribution is -2.51. The molecule has 4 rings (SSSR count). The molecule has 1 saturated heterocycles. The van der Waals surface area contributed by atoms with Crippen molar-refractivity contribution in [3.63, 3.8) is 0 Å². The smallest absolute Gasteiger partial charge is 0.326 e. The van der Waals surface area contributed by atoms with Crippen molar-refractivity contribution >= 4 is 22.9 Å². The first-order valence-corrected chi connectivity index (χ1v) is 11.2. The van der Waals surface area contributed by atoms with Gasteiger partial charge < -0.3 is 24.8 Å². The predicted molar refractivity (Wildman–Crippen MR) is 129 cm³/mol. The molecule has 0 unspecified atom stereocenters. The van der Waals surface area contributed by atoms with E-state index in [-0.39, 0.29) is 13.0 Å². The molecule has 2 amide bonds. The van der Waals surface area contributed by atoms with Gasteiger partial charge in [0.15, 0.2) is 0 Å². The Morgan fingerprint density at radius 2 is 1.85 bits per heavy atom. The van der Waals surface area contributed by atoms with Gasteiger partial charge in [-0.1, -0.05) is 30.3 Å². The number of nitrogens with one attached hydrogen (secondary N) is 1. The van der Waals surface area contributed by atoms with Crippen LogP contribution in [0.4, 0.5) is 4.79 Å². The number of carbonyl (C=O) groups excluding carboxylic acids is 1. The monoisotopic (exact) mass is 463 g/mol. The summed E-state index contributed by atoms with van der Waals surface area (Å²) in [5, 5.41) is 13.4. The molecule has 0 spiro atoms. The molecule has 0 radical (unpaired) electrons. The molecule has 2 N–H and O–H groups in total. The highest BCUT2D eigenvalue weighted by molar-refractivity contribution is 5.89. The quantitative estimate of drug-likeness (QED) is 0.584. The van der Waals surface area contributed by atoms with Crippen LogP contribution in [0.1, 0.15) is 27.2 Å². The number of carboxylic acids is 1. The number of amides is 2. The number of hydrogen-bond donors (Lipinski definition) is 2. The molecule has 2 atom stereocenters. The Kier molecular flexibility index (Phi) is 6.32. The average Bonchev–Trinajstić information content (AvgIpc) is 3.22. The van der Waals surface area contributed by atoms with E-state index < -0.39 is 29.7 Å². The fourth-order valence-corrected chi connectivity index (χ4v) is 4.07. The van der Waals surface area contributed by atoms with Gasteiger partial charge in [-0.2, -0.15) is 0 Å². The maximum Gasteiger partial charge on any atom is 0.326 e. The van der Waals surface area contributed by atoms with E-state index in [4.69, 9.17) is 14.5 Å². The van der Waals surface area contributed by atoms with Gasteiger partial charge in [0.2, 0.25) is 0 Å². The summed E-state index contributed by atoms with van der Waals surface area (Å²) in [6, 6.07) is 15.8. The molecule has 0 saturated carbocycles. The molecule has 1 aliphatic rings. The van der Waals surface area contributed by atoms with Gasteiger partial charge in [0.05, 0.1) is 24.9 Å². The molecule has 2 heterocycles. The maximum absolute atomic E-state index is 12.8. The zero-order valence-corrected chi connectivity index (χ0v) is 19.7. The number of aliphatic carboxylic acids is 1. The Morgan fingerprint density at radius 3 is 2.50 bits per heavy atom. The summed E-state index contributed by atoms with van der Waals surface area (Å²) in [7, 11) is 1.60. The predicted octanol–water partition coefficient (Wildman–Crippen LogP) is 4.32. The second kappa shape index (κ2) is 9.21. The van der Waals surface area contributed by atoms with Gasteiger partial charge in [-0.3, -0.25) is 0 Å². The second-order valence-corrected chi connectivity index (χ2v) is 9.42. The molecule has 1 aliphatic heterocycles. The molecular formula is C26H29N3O5. The number of pyridine rings is 1. The van der Waals surface area contributed by atoms with E-state index >= 15 is 0 Å². The summed E-state index contributed by atoms with van der Waals surface area (Å²) >= 11 is 0. The van der Waals surface area contributed by atoms with Gasteiger partial charge in [0.25, 0.3) is 0 Å². The molecule has 178 valence electrons. The maximum atomic E-state index is 12.8. The van der Waals surface area contributed by atoms with Crippen molar-refractivity contribution in [3.8, 4) is 22.8 Å². The molecule has 8 nitrogen and oxygen atoms in total. The summed E-state index contributed by atoms with van der Waals surface area (Å²) in [5.41, 5.74) is 1.87. The number of rotatable bonds is 5. The topological polar surface area (TPSA) is 101 Å². The minimum atomic E-state index is -1.05. The number of aromatic nitrogens is 1. The largest absolute Gasteiger partial charge is 0.497 e. The number of hydrogen-bond acceptors (Lipinski definition) is 5. The van der Waals surface area contributed by atoms with E-state index in [0.29, 0.717) is 17.0 Å². The Morgan fingerprint density at radius 1 is 1.12 bits per heavy atom. The highest BCUT2D eigenvalue weighted by Gasteiger charge is 2.41. The van der Waals surface area contributed by atoms with Gasteiger partial charge in [-0.25, -0.2) is 14.6 Å². The van der Waals surface area contributed by atoms with Gasteiger partial charge >= 0.3 is 12.0 Å². The standard InChI is InChI=1S/C26H29N3O5/c1-26(2,3)28-25(32)29-15-18(13-22(29)24(30)31)34-23-14-20(16-8-6-5-7-9-16)27-21-12-17(33-4)10-11-19(21)23/h5-12,14,18,22H,13,15H2,1-4H3,(H,28,32)(H,30,31)/t18-,22+/m1/s1. The summed E-state index contributed by atoms with van der Waals surface area (Å²) in [4.78, 5) is 30.8. The minimum Gasteiger partial charge on any atom is -0.497 e. The molecule has 34 heavy (non-hydrogen) atoms. The van der Waals surface area contributed by atoms with E-state index in [9.17, 15) is 14.7 Å². The fourth-order valence-electron chi connectivity index (χ4n) is 4.07. The molecule has 2 aromatic carbocycles. The highest BCUT2D eigenvalue weighted by atomic mass is 16.5. The van der Waals surface area contributed by atoms with Crippen LogP contribution in [-0.4, -0.2) is 58.3 Å². The molecule has 0 bridgehead atoms. The van der Waals surface area contributed by atoms with E-state index in [0.717, 1.165) is 16.6 Å². The first-order chi connectivity index (χ1) is 16.1. The number of benzene rings is 2. The van der Waals surface area contributed by atoms with E-state index in [1.165, 1.54) is 4.90 Å². The molecular weight excluding hydrogens is 434 g/mol. The number of methoxy groups -OCH3 is 1. The minimum absolute atomic E-state index is 0.166. The van der Waals surface area contributed by atoms with Gasteiger partial charge in [-0.15, -0.1) is 0 Å². The van der Waals surface area contributed by atoms with Crippen LogP contribution in [0.3, 0.4) is 0 Å². The highest BCUT2D eigenvalue weighted by Crippen LogP contribution is 2.34. The number of nitrogens with zero attached hydrogens (tertiary/aromatic N) is 2. The third-order valence-electron chi connectivity index (χ3n) is 5.63. The number of urea groups is 1. The van der Waals surface area contributed by atoms with E-state index in [1.54, 1.807) is 7.11 Å². The first kappa shape index (κ1) is 23.4. The van der Waals surface area contributed by atoms with Crippen LogP contribution in [0.2, 0.25) is 0 Å². The second-order valence-electron chi connectivity index (χ2n) is 9.42. The average molecular weight is 464 g/mol. The third-order valence-corrected chi connectivity index (χ3v) is 5.63. The van der Waals surface area contributed by atoms with Crippen LogP contribution < -0.4 is 14.8 Å². The zero-order chi connectivity index (χ0) is 24.5. The van der Waals surface area contributed by atoms with Gasteiger partial charge in [0.1, 0.15) is 23.6 Å². The fraction of sp³-hybridized carbons (Fsp3) is 0.346. The summed E-state index contributed by atoms with van der Waals surface area (Å²) < 4.78 is 11.7. The van der Waals surface area contributed by atoms with Gasteiger partial charge in [0, 0.05) is 35.0 Å². The van der Waals surface area contributed by atoms with E-state index in [1.807, 2.05) is 75.4 Å². The summed E-state index contributed by atoms with van der Waals surface area (Å²) in [6.45, 7) is 5.73. The Labute approximate surface area is 198 Å². The summed E-state index contributed by atoms with van der Waals surface area (Å²) in [6.07, 6.45) is -0.295. The van der Waals surface area contributed by atoms with Crippen LogP contribution in [0.15, 0.2) is 54.6 Å². The molecule has 0 aliphatic carbocycles. The normalized spacial score (nSPS) is 18.1. The number of fused-ring (bicyclic) bond motifs is 1. The van der Waals surface area contributed by atoms with Crippen LogP contribution >= 0.6 is 0 Å². The van der Waals surface area contributed by atoms with Crippen molar-refractivity contribution in [1.82, 2.24) is 15.2 Å². The molecule has 1 aromatic heterocycles. The van der Waals surface area contributed by atoms with Crippen LogP contribution in [-0.2, 0) is 4.79 Å². The lowest BCUT2D eigenvalue weighted by atomic mass is 10.1. The van der Waals surface area contributed by atoms with Crippen LogP contribution in [0, 0.1) is 0 Å². The molecule has 8 heteroatoms. The first-order valence-electron chi connectivity index (χ1n) is 11.2. The van der Waals surface area contributed by atoms with Crippen molar-refractivity contribution in [2.45, 2.75) is 44.9 Å². The number of likely N-dealkylation sites (tertiary alicyclic amines) is 1. The Hall–Kier alpha value is -3.81. The van der Waals surface area contributed by atoms with Crippen molar-refractivity contribution in [3.05, 3.63) is 54.6 Å². The Bertz CT molecular complexity index is 1210. The molecule has 1 fully saturated rings.